The van der Waals surface area contributed by atoms with Crippen LogP contribution in [0.15, 0.2) is 18.5 Å². The summed E-state index contributed by atoms with van der Waals surface area (Å²) in [6.07, 6.45) is 3.34. The van der Waals surface area contributed by atoms with Crippen molar-refractivity contribution in [3.63, 3.8) is 0 Å². The maximum absolute atomic E-state index is 9.10. The zero-order chi connectivity index (χ0) is 10.4. The van der Waals surface area contributed by atoms with E-state index in [-0.39, 0.29) is 13.2 Å². The highest BCUT2D eigenvalue weighted by molar-refractivity contribution is 5.51. The zero-order valence-corrected chi connectivity index (χ0v) is 8.35. The summed E-state index contributed by atoms with van der Waals surface area (Å²) in [6, 6.07) is 1.85. The fourth-order valence-electron chi connectivity index (χ4n) is 1.42. The molecule has 1 heterocycles. The van der Waals surface area contributed by atoms with Crippen LogP contribution >= 0.6 is 0 Å². The highest BCUT2D eigenvalue weighted by atomic mass is 16.3. The van der Waals surface area contributed by atoms with Crippen molar-refractivity contribution in [3.05, 3.63) is 24.0 Å². The Bertz CT molecular complexity index is 279. The number of rotatable bonds is 5. The number of hydrogen-bond donors (Lipinski definition) is 2. The minimum Gasteiger partial charge on any atom is -0.395 e. The van der Waals surface area contributed by atoms with Crippen molar-refractivity contribution in [2.24, 2.45) is 0 Å². The van der Waals surface area contributed by atoms with E-state index >= 15 is 0 Å². The molecular weight excluding hydrogens is 180 g/mol. The van der Waals surface area contributed by atoms with Crippen molar-refractivity contribution < 1.29 is 10.2 Å². The van der Waals surface area contributed by atoms with Gasteiger partial charge < -0.3 is 15.1 Å². The number of pyridine rings is 1. The molecule has 0 saturated heterocycles. The maximum Gasteiger partial charge on any atom is 0.0717 e. The van der Waals surface area contributed by atoms with Crippen LogP contribution in [0.3, 0.4) is 0 Å². The molecular formula is C10H16N2O2. The first-order valence-corrected chi connectivity index (χ1v) is 4.73. The maximum atomic E-state index is 9.10. The number of aliphatic hydroxyl groups is 2. The lowest BCUT2D eigenvalue weighted by molar-refractivity contribution is 0.280. The Morgan fingerprint density at radius 2 is 2.21 bits per heavy atom. The van der Waals surface area contributed by atoms with Crippen LogP contribution in [0.2, 0.25) is 0 Å². The second-order valence-corrected chi connectivity index (χ2v) is 2.97. The smallest absolute Gasteiger partial charge is 0.0717 e. The van der Waals surface area contributed by atoms with Crippen LogP contribution in [-0.4, -0.2) is 34.9 Å². The summed E-state index contributed by atoms with van der Waals surface area (Å²) in [5.74, 6) is 0. The number of hydrogen-bond acceptors (Lipinski definition) is 4. The lowest BCUT2D eigenvalue weighted by Crippen LogP contribution is -2.27. The summed E-state index contributed by atoms with van der Waals surface area (Å²) in [7, 11) is 0. The minimum absolute atomic E-state index is 0.0227. The van der Waals surface area contributed by atoms with Crippen LogP contribution in [0.25, 0.3) is 0 Å². The monoisotopic (exact) mass is 196 g/mol. The molecule has 0 aliphatic rings. The molecule has 4 nitrogen and oxygen atoms in total. The summed E-state index contributed by atoms with van der Waals surface area (Å²) < 4.78 is 0. The molecule has 0 amide bonds. The van der Waals surface area contributed by atoms with Gasteiger partial charge in [0.15, 0.2) is 0 Å². The van der Waals surface area contributed by atoms with Crippen molar-refractivity contribution >= 4 is 5.69 Å². The van der Waals surface area contributed by atoms with E-state index in [1.54, 1.807) is 12.4 Å². The van der Waals surface area contributed by atoms with Crippen LogP contribution in [0.4, 0.5) is 5.69 Å². The van der Waals surface area contributed by atoms with Gasteiger partial charge in [-0.1, -0.05) is 0 Å². The Labute approximate surface area is 83.8 Å². The molecule has 1 aromatic rings. The average Bonchev–Trinajstić information content (AvgIpc) is 2.26. The molecule has 14 heavy (non-hydrogen) atoms. The second kappa shape index (κ2) is 5.57. The van der Waals surface area contributed by atoms with Crippen molar-refractivity contribution in [2.75, 3.05) is 24.6 Å². The van der Waals surface area contributed by atoms with Crippen LogP contribution in [0, 0.1) is 0 Å². The van der Waals surface area contributed by atoms with E-state index in [9.17, 15) is 0 Å². The Morgan fingerprint density at radius 3 is 2.79 bits per heavy atom. The third kappa shape index (κ3) is 2.43. The first-order chi connectivity index (χ1) is 6.83. The highest BCUT2D eigenvalue weighted by Gasteiger charge is 2.07. The summed E-state index contributed by atoms with van der Waals surface area (Å²) >= 11 is 0. The lowest BCUT2D eigenvalue weighted by Gasteiger charge is -2.23. The van der Waals surface area contributed by atoms with Gasteiger partial charge in [0.1, 0.15) is 0 Å². The quantitative estimate of drug-likeness (QED) is 0.715. The molecule has 0 bridgehead atoms. The number of aliphatic hydroxyl groups excluding tert-OH is 2. The summed E-state index contributed by atoms with van der Waals surface area (Å²) in [5.41, 5.74) is 1.74. The van der Waals surface area contributed by atoms with Crippen LogP contribution in [0.1, 0.15) is 12.5 Å². The molecule has 1 aromatic heterocycles. The molecule has 0 aliphatic carbocycles. The van der Waals surface area contributed by atoms with Crippen LogP contribution in [0.5, 0.6) is 0 Å². The normalized spacial score (nSPS) is 10.2. The molecule has 0 saturated carbocycles. The number of anilines is 1. The molecule has 0 unspecified atom stereocenters. The Balaban J connectivity index is 2.90. The van der Waals surface area contributed by atoms with Gasteiger partial charge in [0.25, 0.3) is 0 Å². The van der Waals surface area contributed by atoms with Gasteiger partial charge in [-0.3, -0.25) is 4.98 Å². The molecule has 78 valence electrons. The fourth-order valence-corrected chi connectivity index (χ4v) is 1.42. The number of aromatic nitrogens is 1. The van der Waals surface area contributed by atoms with E-state index in [0.29, 0.717) is 6.54 Å². The highest BCUT2D eigenvalue weighted by Crippen LogP contribution is 2.18. The number of nitrogens with zero attached hydrogens (tertiary/aromatic N) is 2. The summed E-state index contributed by atoms with van der Waals surface area (Å²) in [6.45, 7) is 3.48. The van der Waals surface area contributed by atoms with E-state index < -0.39 is 0 Å². The van der Waals surface area contributed by atoms with Crippen molar-refractivity contribution in [2.45, 2.75) is 13.5 Å². The van der Waals surface area contributed by atoms with Crippen LogP contribution in [-0.2, 0) is 6.61 Å². The average molecular weight is 196 g/mol. The molecule has 2 N–H and O–H groups in total. The zero-order valence-electron chi connectivity index (χ0n) is 8.35. The van der Waals surface area contributed by atoms with Gasteiger partial charge in [-0.25, -0.2) is 0 Å². The van der Waals surface area contributed by atoms with E-state index in [0.717, 1.165) is 17.8 Å². The first kappa shape index (κ1) is 10.9. The van der Waals surface area contributed by atoms with E-state index in [2.05, 4.69) is 4.98 Å². The number of likely N-dealkylation sites (N-methyl/N-ethyl adjacent to an activating group) is 1. The van der Waals surface area contributed by atoms with Crippen molar-refractivity contribution in [1.29, 1.82) is 0 Å². The molecule has 0 aliphatic heterocycles. The Kier molecular flexibility index (Phi) is 4.35. The van der Waals surface area contributed by atoms with E-state index in [4.69, 9.17) is 10.2 Å². The molecule has 0 fully saturated rings. The molecule has 0 aromatic carbocycles. The summed E-state index contributed by atoms with van der Waals surface area (Å²) in [5, 5.41) is 18.0. The van der Waals surface area contributed by atoms with E-state index in [1.807, 2.05) is 17.9 Å². The van der Waals surface area contributed by atoms with Crippen molar-refractivity contribution in [1.82, 2.24) is 4.98 Å². The molecule has 4 heteroatoms. The molecule has 1 rings (SSSR count). The second-order valence-electron chi connectivity index (χ2n) is 2.97. The fraction of sp³-hybridized carbons (Fsp3) is 0.500. The standard InChI is InChI=1S/C10H16N2O2/c1-2-12(5-6-13)10-3-4-11-7-9(10)8-14/h3-4,7,13-14H,2,5-6,8H2,1H3. The molecule has 0 radical (unpaired) electrons. The van der Waals surface area contributed by atoms with Gasteiger partial charge in [-0.15, -0.1) is 0 Å². The van der Waals surface area contributed by atoms with Gasteiger partial charge in [0, 0.05) is 36.7 Å². The lowest BCUT2D eigenvalue weighted by atomic mass is 10.2. The van der Waals surface area contributed by atoms with Gasteiger partial charge in [0.2, 0.25) is 0 Å². The minimum atomic E-state index is -0.0227. The third-order valence-electron chi connectivity index (χ3n) is 2.14. The van der Waals surface area contributed by atoms with Crippen LogP contribution < -0.4 is 4.90 Å². The Hall–Kier alpha value is -1.13. The largest absolute Gasteiger partial charge is 0.395 e. The van der Waals surface area contributed by atoms with E-state index in [1.165, 1.54) is 0 Å². The predicted octanol–water partition coefficient (Wildman–Crippen LogP) is 0.392. The van der Waals surface area contributed by atoms with Gasteiger partial charge in [0.05, 0.1) is 13.2 Å². The predicted molar refractivity (Wildman–Crippen MR) is 55.1 cm³/mol. The topological polar surface area (TPSA) is 56.6 Å². The third-order valence-corrected chi connectivity index (χ3v) is 2.14. The first-order valence-electron chi connectivity index (χ1n) is 4.73. The van der Waals surface area contributed by atoms with Gasteiger partial charge in [-0.05, 0) is 13.0 Å². The molecule has 0 spiro atoms. The molecule has 0 atom stereocenters. The Morgan fingerprint density at radius 1 is 1.43 bits per heavy atom. The van der Waals surface area contributed by atoms with Crippen molar-refractivity contribution in [3.8, 4) is 0 Å². The van der Waals surface area contributed by atoms with Gasteiger partial charge in [-0.2, -0.15) is 0 Å². The summed E-state index contributed by atoms with van der Waals surface area (Å²) in [4.78, 5) is 5.95. The van der Waals surface area contributed by atoms with Gasteiger partial charge >= 0.3 is 0 Å². The SMILES string of the molecule is CCN(CCO)c1ccncc1CO.